The first-order valence-electron chi connectivity index (χ1n) is 8.36. The van der Waals surface area contributed by atoms with Gasteiger partial charge in [0.25, 0.3) is 0 Å². The highest BCUT2D eigenvalue weighted by Gasteiger charge is 2.37. The monoisotopic (exact) mass is 406 g/mol. The molecule has 2 aromatic rings. The maximum absolute atomic E-state index is 13.0. The third kappa shape index (κ3) is 4.64. The molecule has 1 aromatic heterocycles. The fourth-order valence-corrected chi connectivity index (χ4v) is 2.88. The van der Waals surface area contributed by atoms with Crippen molar-refractivity contribution < 1.29 is 31.1 Å². The molecular weight excluding hydrogens is 390 g/mol. The molecule has 28 heavy (non-hydrogen) atoms. The van der Waals surface area contributed by atoms with Crippen molar-refractivity contribution in [2.45, 2.75) is 18.8 Å². The molecule has 5 nitrogen and oxygen atoms in total. The fourth-order valence-electron chi connectivity index (χ4n) is 2.88. The van der Waals surface area contributed by atoms with Crippen molar-refractivity contribution in [2.75, 3.05) is 26.2 Å². The van der Waals surface area contributed by atoms with E-state index in [1.807, 2.05) is 0 Å². The van der Waals surface area contributed by atoms with E-state index in [9.17, 15) is 31.1 Å². The maximum Gasteiger partial charge on any atom is 0.416 e. The summed E-state index contributed by atoms with van der Waals surface area (Å²) in [4.78, 5) is 13.4. The van der Waals surface area contributed by atoms with Crippen LogP contribution in [-0.4, -0.2) is 47.2 Å². The van der Waals surface area contributed by atoms with Crippen LogP contribution in [0.2, 0.25) is 0 Å². The van der Waals surface area contributed by atoms with E-state index in [1.54, 1.807) is 4.90 Å². The summed E-state index contributed by atoms with van der Waals surface area (Å²) in [5, 5.41) is 9.38. The zero-order chi connectivity index (χ0) is 20.5. The quantitative estimate of drug-likeness (QED) is 0.768. The number of nitrogens with zero attached hydrogens (tertiary/aromatic N) is 2. The van der Waals surface area contributed by atoms with Gasteiger partial charge in [0.05, 0.1) is 23.4 Å². The Kier molecular flexibility index (Phi) is 5.37. The van der Waals surface area contributed by atoms with Crippen LogP contribution in [0.1, 0.15) is 16.8 Å². The van der Waals surface area contributed by atoms with Crippen molar-refractivity contribution in [1.82, 2.24) is 20.4 Å². The maximum atomic E-state index is 13.0. The number of nitrogens with one attached hydrogen (secondary N) is 2. The van der Waals surface area contributed by atoms with Gasteiger partial charge in [-0.1, -0.05) is 0 Å². The van der Waals surface area contributed by atoms with Crippen molar-refractivity contribution in [3.8, 4) is 11.3 Å². The van der Waals surface area contributed by atoms with Crippen LogP contribution < -0.4 is 5.32 Å². The highest BCUT2D eigenvalue weighted by molar-refractivity contribution is 5.79. The van der Waals surface area contributed by atoms with Gasteiger partial charge >= 0.3 is 12.4 Å². The Morgan fingerprint density at radius 3 is 2.21 bits per heavy atom. The summed E-state index contributed by atoms with van der Waals surface area (Å²) in [5.41, 5.74) is -2.60. The predicted octanol–water partition coefficient (Wildman–Crippen LogP) is 3.09. The van der Waals surface area contributed by atoms with Crippen LogP contribution in [0.3, 0.4) is 0 Å². The number of aromatic nitrogens is 2. The van der Waals surface area contributed by atoms with Crippen molar-refractivity contribution in [2.24, 2.45) is 0 Å². The van der Waals surface area contributed by atoms with Crippen LogP contribution in [0.4, 0.5) is 26.3 Å². The van der Waals surface area contributed by atoms with E-state index in [0.29, 0.717) is 43.9 Å². The van der Waals surface area contributed by atoms with Gasteiger partial charge in [-0.3, -0.25) is 9.89 Å². The van der Waals surface area contributed by atoms with E-state index in [-0.39, 0.29) is 29.8 Å². The second-order valence-electron chi connectivity index (χ2n) is 6.38. The Balaban J connectivity index is 1.82. The molecule has 152 valence electrons. The van der Waals surface area contributed by atoms with Gasteiger partial charge in [-0.2, -0.15) is 31.4 Å². The molecule has 0 unspecified atom stereocenters. The molecule has 1 amide bonds. The largest absolute Gasteiger partial charge is 0.416 e. The molecule has 1 saturated heterocycles. The fraction of sp³-hybridized carbons (Fsp3) is 0.412. The van der Waals surface area contributed by atoms with Gasteiger partial charge in [-0.05, 0) is 24.3 Å². The summed E-state index contributed by atoms with van der Waals surface area (Å²) in [7, 11) is 0. The minimum atomic E-state index is -4.92. The lowest BCUT2D eigenvalue weighted by atomic mass is 10.0. The minimum absolute atomic E-state index is 0.0294. The highest BCUT2D eigenvalue weighted by Crippen LogP contribution is 2.38. The second kappa shape index (κ2) is 7.46. The van der Waals surface area contributed by atoms with Gasteiger partial charge < -0.3 is 10.2 Å². The number of halogens is 6. The number of piperazine rings is 1. The van der Waals surface area contributed by atoms with Crippen molar-refractivity contribution in [3.63, 3.8) is 0 Å². The van der Waals surface area contributed by atoms with Gasteiger partial charge in [0.15, 0.2) is 0 Å². The molecule has 1 fully saturated rings. The predicted molar refractivity (Wildman–Crippen MR) is 87.2 cm³/mol. The number of alkyl halides is 6. The molecule has 0 spiro atoms. The lowest BCUT2D eigenvalue weighted by molar-refractivity contribution is -0.143. The third-order valence-electron chi connectivity index (χ3n) is 4.35. The number of aromatic amines is 1. The van der Waals surface area contributed by atoms with Gasteiger partial charge in [-0.25, -0.2) is 0 Å². The Morgan fingerprint density at radius 1 is 1.00 bits per heavy atom. The second-order valence-corrected chi connectivity index (χ2v) is 6.38. The molecule has 2 heterocycles. The molecule has 0 bridgehead atoms. The Bertz CT molecular complexity index is 826. The molecule has 0 radical (unpaired) electrons. The summed E-state index contributed by atoms with van der Waals surface area (Å²) in [6.07, 6.45) is -9.49. The average molecular weight is 406 g/mol. The first-order chi connectivity index (χ1) is 13.0. The molecular formula is C17H16F6N4O. The van der Waals surface area contributed by atoms with Gasteiger partial charge in [0.1, 0.15) is 0 Å². The van der Waals surface area contributed by atoms with Gasteiger partial charge in [-0.15, -0.1) is 0 Å². The van der Waals surface area contributed by atoms with Crippen molar-refractivity contribution in [3.05, 3.63) is 41.1 Å². The molecule has 1 aliphatic heterocycles. The van der Waals surface area contributed by atoms with Gasteiger partial charge in [0.2, 0.25) is 5.91 Å². The number of carbonyl (C=O) groups excluding carboxylic acids is 1. The summed E-state index contributed by atoms with van der Waals surface area (Å²) in [6, 6.07) is 2.74. The first kappa shape index (κ1) is 20.2. The van der Waals surface area contributed by atoms with E-state index >= 15 is 0 Å². The van der Waals surface area contributed by atoms with Crippen LogP contribution in [0.5, 0.6) is 0 Å². The Labute approximate surface area is 155 Å². The number of benzene rings is 1. The Morgan fingerprint density at radius 2 is 1.64 bits per heavy atom. The van der Waals surface area contributed by atoms with Crippen LogP contribution in [0.25, 0.3) is 11.3 Å². The van der Waals surface area contributed by atoms with Crippen molar-refractivity contribution in [1.29, 1.82) is 0 Å². The van der Waals surface area contributed by atoms with Crippen LogP contribution >= 0.6 is 0 Å². The van der Waals surface area contributed by atoms with Crippen molar-refractivity contribution >= 4 is 5.91 Å². The number of hydrogen-bond donors (Lipinski definition) is 2. The first-order valence-corrected chi connectivity index (χ1v) is 8.36. The number of H-pyrrole nitrogens is 1. The molecule has 0 atom stereocenters. The normalized spacial score (nSPS) is 15.9. The van der Waals surface area contributed by atoms with Crippen LogP contribution in [0, 0.1) is 0 Å². The van der Waals surface area contributed by atoms with E-state index < -0.39 is 23.5 Å². The number of rotatable bonds is 4. The summed E-state index contributed by atoms with van der Waals surface area (Å²) in [6.45, 7) is 1.80. The van der Waals surface area contributed by atoms with Gasteiger partial charge in [0, 0.05) is 37.3 Å². The van der Waals surface area contributed by atoms with E-state index in [2.05, 4.69) is 15.5 Å². The topological polar surface area (TPSA) is 61.0 Å². The van der Waals surface area contributed by atoms with E-state index in [1.165, 1.54) is 6.07 Å². The van der Waals surface area contributed by atoms with E-state index in [0.717, 1.165) is 0 Å². The summed E-state index contributed by atoms with van der Waals surface area (Å²) in [5.74, 6) is -0.0707. The Hall–Kier alpha value is -2.56. The lowest BCUT2D eigenvalue weighted by Gasteiger charge is -2.27. The third-order valence-corrected chi connectivity index (χ3v) is 4.35. The standard InChI is InChI=1S/C17H16F6N4O/c18-16(19,20)11-5-10(6-12(7-11)17(21,22)23)14-8-13(25-26-14)1-3-27-4-2-24-9-15(27)28/h5-8,24H,1-4,9H2,(H,25,26). The molecule has 1 aliphatic rings. The minimum Gasteiger partial charge on any atom is -0.340 e. The zero-order valence-corrected chi connectivity index (χ0v) is 14.4. The number of carbonyl (C=O) groups is 1. The summed E-state index contributed by atoms with van der Waals surface area (Å²) >= 11 is 0. The molecule has 0 aliphatic carbocycles. The molecule has 3 rings (SSSR count). The SMILES string of the molecule is O=C1CNCCN1CCc1cc(-c2cc(C(F)(F)F)cc(C(F)(F)F)c2)n[nH]1. The molecule has 11 heteroatoms. The number of hydrogen-bond acceptors (Lipinski definition) is 3. The molecule has 2 N–H and O–H groups in total. The van der Waals surface area contributed by atoms with Crippen LogP contribution in [0.15, 0.2) is 24.3 Å². The van der Waals surface area contributed by atoms with Crippen LogP contribution in [-0.2, 0) is 23.6 Å². The zero-order valence-electron chi connectivity index (χ0n) is 14.4. The van der Waals surface area contributed by atoms with E-state index in [4.69, 9.17) is 0 Å². The molecule has 1 aromatic carbocycles. The molecule has 0 saturated carbocycles. The smallest absolute Gasteiger partial charge is 0.340 e. The number of amides is 1. The lowest BCUT2D eigenvalue weighted by Crippen LogP contribution is -2.48. The average Bonchev–Trinajstić information content (AvgIpc) is 3.08. The highest BCUT2D eigenvalue weighted by atomic mass is 19.4. The summed E-state index contributed by atoms with van der Waals surface area (Å²) < 4.78 is 77.9.